The van der Waals surface area contributed by atoms with Crippen molar-refractivity contribution in [2.24, 2.45) is 21.7 Å². The van der Waals surface area contributed by atoms with E-state index >= 15 is 0 Å². The molecule has 0 amide bonds. The quantitative estimate of drug-likeness (QED) is 0.581. The van der Waals surface area contributed by atoms with E-state index in [1.807, 2.05) is 7.05 Å². The average Bonchev–Trinajstić information content (AvgIpc) is 2.29. The predicted molar refractivity (Wildman–Crippen MR) is 57.6 cm³/mol. The zero-order valence-electron chi connectivity index (χ0n) is 9.55. The van der Waals surface area contributed by atoms with Gasteiger partial charge in [-0.3, -0.25) is 9.79 Å². The summed E-state index contributed by atoms with van der Waals surface area (Å²) in [4.78, 5) is 16.4. The summed E-state index contributed by atoms with van der Waals surface area (Å²) in [7, 11) is 1.82. The van der Waals surface area contributed by atoms with Crippen molar-refractivity contribution in [2.75, 3.05) is 7.05 Å². The van der Waals surface area contributed by atoms with Crippen LogP contribution in [0.5, 0.6) is 0 Å². The lowest BCUT2D eigenvalue weighted by molar-refractivity contribution is -0.133. The Morgan fingerprint density at radius 3 is 2.57 bits per heavy atom. The molecule has 2 rings (SSSR count). The SMILES string of the molecule is CN=C1CC(=O)[C@@]2(C)CC[C@H]1C2(C)C. The summed E-state index contributed by atoms with van der Waals surface area (Å²) >= 11 is 0. The van der Waals surface area contributed by atoms with Gasteiger partial charge in [0.1, 0.15) is 5.78 Å². The lowest BCUT2D eigenvalue weighted by atomic mass is 9.58. The first-order valence-electron chi connectivity index (χ1n) is 5.42. The lowest BCUT2D eigenvalue weighted by Gasteiger charge is -2.45. The van der Waals surface area contributed by atoms with Crippen LogP contribution in [0.25, 0.3) is 0 Å². The Labute approximate surface area is 85.8 Å². The summed E-state index contributed by atoms with van der Waals surface area (Å²) in [6, 6.07) is 0. The second-order valence-corrected chi connectivity index (χ2v) is 5.46. The van der Waals surface area contributed by atoms with Gasteiger partial charge in [0.25, 0.3) is 0 Å². The molecule has 2 bridgehead atoms. The summed E-state index contributed by atoms with van der Waals surface area (Å²) in [6.07, 6.45) is 2.78. The number of fused-ring (bicyclic) bond motifs is 2. The van der Waals surface area contributed by atoms with Gasteiger partial charge in [0.2, 0.25) is 0 Å². The number of nitrogens with zero attached hydrogens (tertiary/aromatic N) is 1. The van der Waals surface area contributed by atoms with Crippen LogP contribution < -0.4 is 0 Å². The third-order valence-electron chi connectivity index (χ3n) is 4.87. The van der Waals surface area contributed by atoms with E-state index < -0.39 is 0 Å². The van der Waals surface area contributed by atoms with Crippen molar-refractivity contribution >= 4 is 11.5 Å². The molecule has 0 aromatic carbocycles. The van der Waals surface area contributed by atoms with E-state index in [1.54, 1.807) is 0 Å². The molecule has 2 aliphatic rings. The minimum Gasteiger partial charge on any atom is -0.299 e. The molecule has 0 aliphatic heterocycles. The van der Waals surface area contributed by atoms with Crippen LogP contribution in [0.1, 0.15) is 40.0 Å². The maximum Gasteiger partial charge on any atom is 0.144 e. The van der Waals surface area contributed by atoms with Crippen molar-refractivity contribution in [1.29, 1.82) is 0 Å². The standard InChI is InChI=1S/C12H19NO/c1-11(2)8-5-6-12(11,3)10(14)7-9(8)13-4/h8H,5-7H2,1-4H3/t8-,12-/m1/s1. The number of hydrogen-bond acceptors (Lipinski definition) is 2. The second kappa shape index (κ2) is 2.68. The number of hydrogen-bond donors (Lipinski definition) is 0. The number of rotatable bonds is 0. The third kappa shape index (κ3) is 0.918. The van der Waals surface area contributed by atoms with Crippen molar-refractivity contribution in [3.8, 4) is 0 Å². The van der Waals surface area contributed by atoms with E-state index in [0.29, 0.717) is 18.1 Å². The van der Waals surface area contributed by atoms with Crippen molar-refractivity contribution in [3.05, 3.63) is 0 Å². The first-order chi connectivity index (χ1) is 6.43. The third-order valence-corrected chi connectivity index (χ3v) is 4.87. The molecule has 2 saturated carbocycles. The Morgan fingerprint density at radius 1 is 1.36 bits per heavy atom. The Morgan fingerprint density at radius 2 is 2.00 bits per heavy atom. The molecular formula is C12H19NO. The maximum absolute atomic E-state index is 12.1. The normalized spacial score (nSPS) is 43.3. The molecule has 0 heterocycles. The molecule has 78 valence electrons. The van der Waals surface area contributed by atoms with Crippen LogP contribution in [-0.2, 0) is 4.79 Å². The molecule has 0 spiro atoms. The second-order valence-electron chi connectivity index (χ2n) is 5.46. The number of carbonyl (C=O) groups excluding carboxylic acids is 1. The van der Waals surface area contributed by atoms with Crippen LogP contribution in [0.4, 0.5) is 0 Å². The molecular weight excluding hydrogens is 174 g/mol. The first-order valence-corrected chi connectivity index (χ1v) is 5.42. The van der Waals surface area contributed by atoms with Gasteiger partial charge in [-0.15, -0.1) is 0 Å². The Hall–Kier alpha value is -0.660. The molecule has 2 aliphatic carbocycles. The van der Waals surface area contributed by atoms with Crippen LogP contribution in [0.3, 0.4) is 0 Å². The fourth-order valence-corrected chi connectivity index (χ4v) is 3.30. The molecule has 0 radical (unpaired) electrons. The van der Waals surface area contributed by atoms with Crippen LogP contribution in [0, 0.1) is 16.7 Å². The van der Waals surface area contributed by atoms with E-state index in [0.717, 1.165) is 18.6 Å². The lowest BCUT2D eigenvalue weighted by Crippen LogP contribution is -2.48. The fraction of sp³-hybridized carbons (Fsp3) is 0.833. The van der Waals surface area contributed by atoms with Gasteiger partial charge in [0.05, 0.1) is 0 Å². The molecule has 0 aromatic heterocycles. The maximum atomic E-state index is 12.1. The molecule has 2 atom stereocenters. The number of carbonyl (C=O) groups is 1. The molecule has 0 N–H and O–H groups in total. The smallest absolute Gasteiger partial charge is 0.144 e. The molecule has 0 aromatic rings. The minimum atomic E-state index is -0.0914. The molecule has 0 unspecified atom stereocenters. The van der Waals surface area contributed by atoms with E-state index in [9.17, 15) is 4.79 Å². The van der Waals surface area contributed by atoms with Gasteiger partial charge in [-0.1, -0.05) is 20.8 Å². The number of ketones is 1. The van der Waals surface area contributed by atoms with Crippen molar-refractivity contribution in [2.45, 2.75) is 40.0 Å². The Balaban J connectivity index is 2.51. The van der Waals surface area contributed by atoms with E-state index in [4.69, 9.17) is 0 Å². The summed E-state index contributed by atoms with van der Waals surface area (Å²) in [5, 5.41) is 0. The largest absolute Gasteiger partial charge is 0.299 e. The van der Waals surface area contributed by atoms with Crippen molar-refractivity contribution in [1.82, 2.24) is 0 Å². The average molecular weight is 193 g/mol. The summed E-state index contributed by atoms with van der Waals surface area (Å²) in [6.45, 7) is 6.60. The van der Waals surface area contributed by atoms with Gasteiger partial charge in [0.15, 0.2) is 0 Å². The Kier molecular flexibility index (Phi) is 1.89. The van der Waals surface area contributed by atoms with E-state index in [2.05, 4.69) is 25.8 Å². The Bertz CT molecular complexity index is 316. The highest BCUT2D eigenvalue weighted by atomic mass is 16.1. The van der Waals surface area contributed by atoms with E-state index in [1.165, 1.54) is 0 Å². The topological polar surface area (TPSA) is 29.4 Å². The number of Topliss-reactive ketones (excluding diaryl/α,β-unsaturated/α-hetero) is 1. The summed E-state index contributed by atoms with van der Waals surface area (Å²) < 4.78 is 0. The summed E-state index contributed by atoms with van der Waals surface area (Å²) in [5.74, 6) is 0.937. The van der Waals surface area contributed by atoms with Gasteiger partial charge in [-0.05, 0) is 18.3 Å². The minimum absolute atomic E-state index is 0.0914. The molecule has 2 fully saturated rings. The van der Waals surface area contributed by atoms with Crippen molar-refractivity contribution in [3.63, 3.8) is 0 Å². The highest BCUT2D eigenvalue weighted by Crippen LogP contribution is 2.60. The molecule has 0 saturated heterocycles. The van der Waals surface area contributed by atoms with Gasteiger partial charge >= 0.3 is 0 Å². The summed E-state index contributed by atoms with van der Waals surface area (Å²) in [5.41, 5.74) is 1.15. The van der Waals surface area contributed by atoms with Gasteiger partial charge in [0, 0.05) is 30.5 Å². The van der Waals surface area contributed by atoms with E-state index in [-0.39, 0.29) is 10.8 Å². The van der Waals surface area contributed by atoms with Gasteiger partial charge in [-0.25, -0.2) is 0 Å². The zero-order chi connectivity index (χ0) is 10.6. The van der Waals surface area contributed by atoms with Crippen LogP contribution in [0.15, 0.2) is 4.99 Å². The van der Waals surface area contributed by atoms with Gasteiger partial charge in [-0.2, -0.15) is 0 Å². The van der Waals surface area contributed by atoms with Crippen LogP contribution >= 0.6 is 0 Å². The van der Waals surface area contributed by atoms with Crippen LogP contribution in [0.2, 0.25) is 0 Å². The predicted octanol–water partition coefficient (Wildman–Crippen LogP) is 2.47. The monoisotopic (exact) mass is 193 g/mol. The highest BCUT2D eigenvalue weighted by Gasteiger charge is 2.59. The highest BCUT2D eigenvalue weighted by molar-refractivity contribution is 6.09. The fourth-order valence-electron chi connectivity index (χ4n) is 3.30. The first kappa shape index (κ1) is 9.88. The molecule has 2 nitrogen and oxygen atoms in total. The van der Waals surface area contributed by atoms with Gasteiger partial charge < -0.3 is 0 Å². The molecule has 14 heavy (non-hydrogen) atoms. The van der Waals surface area contributed by atoms with Crippen molar-refractivity contribution < 1.29 is 4.79 Å². The zero-order valence-corrected chi connectivity index (χ0v) is 9.55. The molecule has 2 heteroatoms. The van der Waals surface area contributed by atoms with Crippen LogP contribution in [-0.4, -0.2) is 18.5 Å². The number of aliphatic imine (C=N–C) groups is 1.